The van der Waals surface area contributed by atoms with E-state index in [1.165, 1.54) is 0 Å². The summed E-state index contributed by atoms with van der Waals surface area (Å²) in [4.78, 5) is 15.2. The van der Waals surface area contributed by atoms with Crippen LogP contribution >= 0.6 is 0 Å². The van der Waals surface area contributed by atoms with Crippen LogP contribution < -0.4 is 10.1 Å². The van der Waals surface area contributed by atoms with Crippen LogP contribution in [0, 0.1) is 0 Å². The summed E-state index contributed by atoms with van der Waals surface area (Å²) in [6, 6.07) is 15.3. The highest BCUT2D eigenvalue weighted by molar-refractivity contribution is 5.93. The summed E-state index contributed by atoms with van der Waals surface area (Å²) in [5.74, 6) is 0.676. The normalized spacial score (nSPS) is 10.5. The number of carbonyl (C=O) groups excluding carboxylic acids is 1. The van der Waals surface area contributed by atoms with Crippen molar-refractivity contribution in [3.63, 3.8) is 0 Å². The molecule has 0 saturated carbocycles. The van der Waals surface area contributed by atoms with E-state index < -0.39 is 0 Å². The molecule has 4 heteroatoms. The molecule has 3 rings (SSSR count). The van der Waals surface area contributed by atoms with Gasteiger partial charge in [-0.3, -0.25) is 4.79 Å². The number of rotatable bonds is 4. The van der Waals surface area contributed by atoms with Crippen molar-refractivity contribution >= 4 is 22.5 Å². The minimum absolute atomic E-state index is 0.0471. The Morgan fingerprint density at radius 1 is 1.19 bits per heavy atom. The lowest BCUT2D eigenvalue weighted by Gasteiger charge is -2.07. The van der Waals surface area contributed by atoms with Gasteiger partial charge in [-0.25, -0.2) is 0 Å². The van der Waals surface area contributed by atoms with Gasteiger partial charge in [0.1, 0.15) is 5.75 Å². The first-order chi connectivity index (χ1) is 10.2. The molecule has 0 spiro atoms. The number of aromatic amines is 1. The molecule has 0 atom stereocenters. The smallest absolute Gasteiger partial charge is 0.228 e. The number of nitrogens with one attached hydrogen (secondary N) is 2. The van der Waals surface area contributed by atoms with Crippen LogP contribution in [0.5, 0.6) is 5.75 Å². The van der Waals surface area contributed by atoms with E-state index in [0.29, 0.717) is 6.42 Å². The molecule has 1 aromatic heterocycles. The summed E-state index contributed by atoms with van der Waals surface area (Å²) in [6.45, 7) is 0. The van der Waals surface area contributed by atoms with Crippen molar-refractivity contribution in [3.8, 4) is 5.75 Å². The number of carbonyl (C=O) groups is 1. The molecule has 0 aliphatic heterocycles. The Bertz CT molecular complexity index is 777. The van der Waals surface area contributed by atoms with Gasteiger partial charge < -0.3 is 15.0 Å². The fourth-order valence-corrected chi connectivity index (χ4v) is 2.30. The van der Waals surface area contributed by atoms with Crippen molar-refractivity contribution in [1.82, 2.24) is 4.98 Å². The zero-order chi connectivity index (χ0) is 14.7. The number of anilines is 1. The van der Waals surface area contributed by atoms with Gasteiger partial charge in [0.15, 0.2) is 0 Å². The molecule has 1 heterocycles. The van der Waals surface area contributed by atoms with Crippen LogP contribution in [0.2, 0.25) is 0 Å². The first kappa shape index (κ1) is 13.2. The minimum atomic E-state index is -0.0471. The fraction of sp³-hybridized carbons (Fsp3) is 0.118. The third kappa shape index (κ3) is 3.05. The molecule has 0 unspecified atom stereocenters. The molecule has 0 saturated heterocycles. The van der Waals surface area contributed by atoms with E-state index in [0.717, 1.165) is 27.9 Å². The number of aromatic nitrogens is 1. The van der Waals surface area contributed by atoms with Crippen molar-refractivity contribution in [2.75, 3.05) is 12.4 Å². The summed E-state index contributed by atoms with van der Waals surface area (Å²) in [5.41, 5.74) is 2.76. The summed E-state index contributed by atoms with van der Waals surface area (Å²) >= 11 is 0. The largest absolute Gasteiger partial charge is 0.497 e. The Balaban J connectivity index is 1.70. The van der Waals surface area contributed by atoms with Gasteiger partial charge in [-0.1, -0.05) is 18.2 Å². The van der Waals surface area contributed by atoms with Crippen LogP contribution in [-0.2, 0) is 11.2 Å². The molecule has 21 heavy (non-hydrogen) atoms. The predicted molar refractivity (Wildman–Crippen MR) is 83.6 cm³/mol. The number of hydrogen-bond donors (Lipinski definition) is 2. The zero-order valence-electron chi connectivity index (χ0n) is 11.7. The molecule has 106 valence electrons. The number of H-pyrrole nitrogens is 1. The average Bonchev–Trinajstić information content (AvgIpc) is 2.95. The number of ether oxygens (including phenoxy) is 1. The Morgan fingerprint density at radius 3 is 2.95 bits per heavy atom. The molecular weight excluding hydrogens is 264 g/mol. The molecule has 2 N–H and O–H groups in total. The maximum atomic E-state index is 12.1. The van der Waals surface area contributed by atoms with Gasteiger partial charge in [-0.2, -0.15) is 0 Å². The van der Waals surface area contributed by atoms with Gasteiger partial charge in [0.2, 0.25) is 5.91 Å². The Kier molecular flexibility index (Phi) is 3.60. The molecule has 3 aromatic rings. The lowest BCUT2D eigenvalue weighted by atomic mass is 10.1. The van der Waals surface area contributed by atoms with Gasteiger partial charge in [0, 0.05) is 23.5 Å². The zero-order valence-corrected chi connectivity index (χ0v) is 11.7. The third-order valence-electron chi connectivity index (χ3n) is 3.34. The average molecular weight is 280 g/mol. The SMILES string of the molecule is COc1cccc(NC(=O)Cc2ccc3cc[nH]c3c2)c1. The molecule has 2 aromatic carbocycles. The highest BCUT2D eigenvalue weighted by atomic mass is 16.5. The number of benzene rings is 2. The second-order valence-electron chi connectivity index (χ2n) is 4.86. The molecule has 0 aliphatic rings. The monoisotopic (exact) mass is 280 g/mol. The van der Waals surface area contributed by atoms with E-state index >= 15 is 0 Å². The van der Waals surface area contributed by atoms with E-state index in [1.807, 2.05) is 48.7 Å². The summed E-state index contributed by atoms with van der Waals surface area (Å²) in [5, 5.41) is 4.02. The summed E-state index contributed by atoms with van der Waals surface area (Å²) in [7, 11) is 1.60. The van der Waals surface area contributed by atoms with Crippen molar-refractivity contribution in [2.24, 2.45) is 0 Å². The molecule has 0 fully saturated rings. The fourth-order valence-electron chi connectivity index (χ4n) is 2.30. The number of fused-ring (bicyclic) bond motifs is 1. The van der Waals surface area contributed by atoms with Crippen LogP contribution in [0.15, 0.2) is 54.7 Å². The number of hydrogen-bond acceptors (Lipinski definition) is 2. The molecule has 4 nitrogen and oxygen atoms in total. The first-order valence-corrected chi connectivity index (χ1v) is 6.74. The maximum absolute atomic E-state index is 12.1. The van der Waals surface area contributed by atoms with Crippen LogP contribution in [0.4, 0.5) is 5.69 Å². The standard InChI is InChI=1S/C17H16N2O2/c1-21-15-4-2-3-14(11-15)19-17(20)10-12-5-6-13-7-8-18-16(13)9-12/h2-9,11,18H,10H2,1H3,(H,19,20). The second-order valence-corrected chi connectivity index (χ2v) is 4.86. The molecule has 0 bridgehead atoms. The Morgan fingerprint density at radius 2 is 2.10 bits per heavy atom. The highest BCUT2D eigenvalue weighted by Gasteiger charge is 2.06. The van der Waals surface area contributed by atoms with Crippen molar-refractivity contribution in [2.45, 2.75) is 6.42 Å². The Labute approximate surface area is 122 Å². The lowest BCUT2D eigenvalue weighted by molar-refractivity contribution is -0.115. The van der Waals surface area contributed by atoms with E-state index in [4.69, 9.17) is 4.74 Å². The Hall–Kier alpha value is -2.75. The number of methoxy groups -OCH3 is 1. The van der Waals surface area contributed by atoms with Gasteiger partial charge in [-0.15, -0.1) is 0 Å². The molecule has 0 aliphatic carbocycles. The van der Waals surface area contributed by atoms with E-state index in [2.05, 4.69) is 10.3 Å². The minimum Gasteiger partial charge on any atom is -0.497 e. The maximum Gasteiger partial charge on any atom is 0.228 e. The van der Waals surface area contributed by atoms with Crippen LogP contribution in [0.1, 0.15) is 5.56 Å². The van der Waals surface area contributed by atoms with Crippen LogP contribution in [-0.4, -0.2) is 18.0 Å². The molecule has 0 radical (unpaired) electrons. The van der Waals surface area contributed by atoms with Gasteiger partial charge in [0.25, 0.3) is 0 Å². The van der Waals surface area contributed by atoms with E-state index in [1.54, 1.807) is 13.2 Å². The van der Waals surface area contributed by atoms with E-state index in [-0.39, 0.29) is 5.91 Å². The molecule has 1 amide bonds. The second kappa shape index (κ2) is 5.71. The van der Waals surface area contributed by atoms with Crippen molar-refractivity contribution in [3.05, 3.63) is 60.3 Å². The summed E-state index contributed by atoms with van der Waals surface area (Å²) < 4.78 is 5.14. The first-order valence-electron chi connectivity index (χ1n) is 6.74. The van der Waals surface area contributed by atoms with Gasteiger partial charge in [0.05, 0.1) is 13.5 Å². The quantitative estimate of drug-likeness (QED) is 0.770. The van der Waals surface area contributed by atoms with Crippen LogP contribution in [0.25, 0.3) is 10.9 Å². The topological polar surface area (TPSA) is 54.1 Å². The van der Waals surface area contributed by atoms with Crippen LogP contribution in [0.3, 0.4) is 0 Å². The predicted octanol–water partition coefficient (Wildman–Crippen LogP) is 3.36. The highest BCUT2D eigenvalue weighted by Crippen LogP contribution is 2.18. The van der Waals surface area contributed by atoms with Gasteiger partial charge in [-0.05, 0) is 35.2 Å². The molecular formula is C17H16N2O2. The summed E-state index contributed by atoms with van der Waals surface area (Å²) in [6.07, 6.45) is 2.23. The van der Waals surface area contributed by atoms with Crippen molar-refractivity contribution in [1.29, 1.82) is 0 Å². The number of amides is 1. The van der Waals surface area contributed by atoms with Gasteiger partial charge >= 0.3 is 0 Å². The third-order valence-corrected chi connectivity index (χ3v) is 3.34. The van der Waals surface area contributed by atoms with Crippen molar-refractivity contribution < 1.29 is 9.53 Å². The lowest BCUT2D eigenvalue weighted by Crippen LogP contribution is -2.14. The van der Waals surface area contributed by atoms with E-state index in [9.17, 15) is 4.79 Å².